The fourth-order valence-electron chi connectivity index (χ4n) is 6.37. The van der Waals surface area contributed by atoms with Crippen molar-refractivity contribution in [2.24, 2.45) is 0 Å². The van der Waals surface area contributed by atoms with Crippen molar-refractivity contribution in [3.63, 3.8) is 0 Å². The maximum atomic E-state index is 17.4. The van der Waals surface area contributed by atoms with E-state index in [-0.39, 0.29) is 81.5 Å². The van der Waals surface area contributed by atoms with Crippen molar-refractivity contribution in [3.8, 4) is 23.1 Å². The number of anilines is 2. The number of rotatable bonds is 7. The molecule has 0 unspecified atom stereocenters. The Labute approximate surface area is 289 Å². The van der Waals surface area contributed by atoms with Crippen molar-refractivity contribution < 1.29 is 32.3 Å². The van der Waals surface area contributed by atoms with E-state index in [1.165, 1.54) is 12.1 Å². The smallest absolute Gasteiger partial charge is 0.412 e. The maximum Gasteiger partial charge on any atom is 0.412 e. The summed E-state index contributed by atoms with van der Waals surface area (Å²) in [6.45, 7) is 7.94. The third-order valence-electron chi connectivity index (χ3n) is 8.62. The Bertz CT molecular complexity index is 2210. The molecule has 0 saturated carbocycles. The van der Waals surface area contributed by atoms with E-state index in [0.717, 1.165) is 17.8 Å². The minimum atomic E-state index is -0.820. The standard InChI is InChI=1S/C34H34F2N8O5S/c1-16-38-23(42-49-16)15-47-30-26-20-14-46-13-19(20)25(28(36)29(26)39-32(40-30)44-10-9-17(12-44)43(5)6)27-21(35)7-8-22-24(27)18(11-37)31(50-22)41-33(45)48-34(2,3)4/h7-8,17H,9-10,12-15H2,1-6H3,(H,41,45)/t17-/m0/s1. The van der Waals surface area contributed by atoms with Gasteiger partial charge in [0.25, 0.3) is 0 Å². The molecule has 260 valence electrons. The molecule has 0 bridgehead atoms. The van der Waals surface area contributed by atoms with Crippen molar-refractivity contribution in [1.82, 2.24) is 25.0 Å². The van der Waals surface area contributed by atoms with E-state index >= 15 is 8.78 Å². The van der Waals surface area contributed by atoms with Crippen LogP contribution < -0.4 is 15.0 Å². The van der Waals surface area contributed by atoms with Crippen LogP contribution in [0, 0.1) is 29.9 Å². The zero-order valence-corrected chi connectivity index (χ0v) is 29.1. The molecule has 1 amide bonds. The number of nitrogens with zero attached hydrogens (tertiary/aromatic N) is 7. The van der Waals surface area contributed by atoms with Gasteiger partial charge in [0.2, 0.25) is 23.5 Å². The first-order valence-corrected chi connectivity index (χ1v) is 16.8. The van der Waals surface area contributed by atoms with Gasteiger partial charge in [0.15, 0.2) is 12.4 Å². The molecule has 5 aromatic rings. The minimum absolute atomic E-state index is 0.0212. The van der Waals surface area contributed by atoms with Crippen molar-refractivity contribution in [1.29, 1.82) is 5.26 Å². The highest BCUT2D eigenvalue weighted by atomic mass is 32.1. The lowest BCUT2D eigenvalue weighted by atomic mass is 9.90. The number of fused-ring (bicyclic) bond motifs is 4. The zero-order valence-electron chi connectivity index (χ0n) is 28.3. The number of carbonyl (C=O) groups excluding carboxylic acids is 1. The van der Waals surface area contributed by atoms with E-state index in [0.29, 0.717) is 34.8 Å². The van der Waals surface area contributed by atoms with Crippen LogP contribution in [0.5, 0.6) is 5.88 Å². The minimum Gasteiger partial charge on any atom is -0.469 e. The second-order valence-corrected chi connectivity index (χ2v) is 14.5. The normalized spacial score (nSPS) is 16.0. The van der Waals surface area contributed by atoms with Crippen molar-refractivity contribution in [2.45, 2.75) is 65.6 Å². The van der Waals surface area contributed by atoms with Crippen LogP contribution in [0.25, 0.3) is 32.1 Å². The van der Waals surface area contributed by atoms with Crippen LogP contribution in [0.15, 0.2) is 16.7 Å². The van der Waals surface area contributed by atoms with Gasteiger partial charge in [-0.25, -0.2) is 18.6 Å². The fraction of sp³-hybridized carbons (Fsp3) is 0.412. The summed E-state index contributed by atoms with van der Waals surface area (Å²) in [6, 6.07) is 5.04. The molecule has 1 fully saturated rings. The lowest BCUT2D eigenvalue weighted by molar-refractivity contribution is 0.0636. The van der Waals surface area contributed by atoms with Gasteiger partial charge in [-0.15, -0.1) is 11.3 Å². The Kier molecular flexibility index (Phi) is 8.53. The topological polar surface area (TPSA) is 152 Å². The lowest BCUT2D eigenvalue weighted by Crippen LogP contribution is -2.32. The zero-order chi connectivity index (χ0) is 35.5. The number of aromatic nitrogens is 4. The second kappa shape index (κ2) is 12.7. The monoisotopic (exact) mass is 704 g/mol. The number of nitrogens with one attached hydrogen (secondary N) is 1. The summed E-state index contributed by atoms with van der Waals surface area (Å²) in [5, 5.41) is 17.4. The first kappa shape index (κ1) is 33.5. The van der Waals surface area contributed by atoms with Gasteiger partial charge in [-0.1, -0.05) is 5.16 Å². The molecule has 0 spiro atoms. The number of halogens is 2. The highest BCUT2D eigenvalue weighted by molar-refractivity contribution is 7.23. The van der Waals surface area contributed by atoms with Crippen LogP contribution >= 0.6 is 11.3 Å². The van der Waals surface area contributed by atoms with E-state index in [1.807, 2.05) is 19.0 Å². The Balaban J connectivity index is 1.44. The van der Waals surface area contributed by atoms with Gasteiger partial charge < -0.3 is 28.5 Å². The number of carbonyl (C=O) groups is 1. The van der Waals surface area contributed by atoms with Gasteiger partial charge in [-0.3, -0.25) is 5.32 Å². The van der Waals surface area contributed by atoms with Crippen LogP contribution in [0.3, 0.4) is 0 Å². The lowest BCUT2D eigenvalue weighted by Gasteiger charge is -2.22. The molecule has 2 aromatic carbocycles. The molecule has 50 heavy (non-hydrogen) atoms. The van der Waals surface area contributed by atoms with E-state index in [2.05, 4.69) is 26.4 Å². The largest absolute Gasteiger partial charge is 0.469 e. The molecule has 0 radical (unpaired) electrons. The van der Waals surface area contributed by atoms with Gasteiger partial charge >= 0.3 is 6.09 Å². The molecule has 3 aromatic heterocycles. The molecule has 2 aliphatic heterocycles. The Morgan fingerprint density at radius 1 is 1.16 bits per heavy atom. The van der Waals surface area contributed by atoms with Crippen LogP contribution in [-0.4, -0.2) is 69.9 Å². The van der Waals surface area contributed by atoms with Crippen LogP contribution in [-0.2, 0) is 29.3 Å². The molecule has 1 saturated heterocycles. The Morgan fingerprint density at radius 3 is 2.62 bits per heavy atom. The number of amides is 1. The Hall–Kier alpha value is -4.98. The molecule has 0 aliphatic carbocycles. The molecular formula is C34H34F2N8O5S. The number of ether oxygens (including phenoxy) is 3. The highest BCUT2D eigenvalue weighted by Crippen LogP contribution is 2.48. The summed E-state index contributed by atoms with van der Waals surface area (Å²) in [4.78, 5) is 30.5. The van der Waals surface area contributed by atoms with Crippen molar-refractivity contribution in [3.05, 3.63) is 52.2 Å². The number of hydrogen-bond donors (Lipinski definition) is 1. The number of nitriles is 1. The van der Waals surface area contributed by atoms with Crippen molar-refractivity contribution >= 4 is 49.4 Å². The van der Waals surface area contributed by atoms with Crippen LogP contribution in [0.1, 0.15) is 55.6 Å². The van der Waals surface area contributed by atoms with E-state index in [4.69, 9.17) is 28.7 Å². The highest BCUT2D eigenvalue weighted by Gasteiger charge is 2.34. The molecule has 13 nitrogen and oxygen atoms in total. The SMILES string of the molecule is Cc1nc(COc2nc(N3CC[C@H](N(C)C)C3)nc3c(F)c(-c4c(F)ccc5sc(NC(=O)OC(C)(C)C)c(C#N)c45)c4c(c23)COC4)no1. The summed E-state index contributed by atoms with van der Waals surface area (Å²) in [5.41, 5.74) is -0.201. The van der Waals surface area contributed by atoms with Gasteiger partial charge in [-0.05, 0) is 64.5 Å². The number of thiophene rings is 1. The second-order valence-electron chi connectivity index (χ2n) is 13.4. The fourth-order valence-corrected chi connectivity index (χ4v) is 7.42. The van der Waals surface area contributed by atoms with Crippen LogP contribution in [0.4, 0.5) is 24.5 Å². The predicted molar refractivity (Wildman–Crippen MR) is 181 cm³/mol. The third-order valence-corrected chi connectivity index (χ3v) is 9.69. The van der Waals surface area contributed by atoms with E-state index in [9.17, 15) is 10.1 Å². The quantitative estimate of drug-likeness (QED) is 0.198. The van der Waals surface area contributed by atoms with Gasteiger partial charge in [-0.2, -0.15) is 15.2 Å². The number of aryl methyl sites for hydroxylation is 1. The molecule has 5 heterocycles. The average molecular weight is 705 g/mol. The van der Waals surface area contributed by atoms with Crippen molar-refractivity contribution in [2.75, 3.05) is 37.4 Å². The van der Waals surface area contributed by atoms with E-state index in [1.54, 1.807) is 27.7 Å². The molecule has 1 N–H and O–H groups in total. The summed E-state index contributed by atoms with van der Waals surface area (Å²) < 4.78 is 56.5. The predicted octanol–water partition coefficient (Wildman–Crippen LogP) is 6.45. The molecule has 2 aliphatic rings. The molecular weight excluding hydrogens is 670 g/mol. The van der Waals surface area contributed by atoms with E-state index < -0.39 is 23.3 Å². The maximum absolute atomic E-state index is 17.4. The van der Waals surface area contributed by atoms with Gasteiger partial charge in [0.05, 0.1) is 24.2 Å². The van der Waals surface area contributed by atoms with Gasteiger partial charge in [0.1, 0.15) is 28.0 Å². The summed E-state index contributed by atoms with van der Waals surface area (Å²) in [5.74, 6) is -0.585. The summed E-state index contributed by atoms with van der Waals surface area (Å²) in [6.07, 6.45) is 0.0698. The molecule has 7 rings (SSSR count). The average Bonchev–Trinajstić information content (AvgIpc) is 3.86. The number of benzene rings is 2. The number of likely N-dealkylation sites (N-methyl/N-ethyl adjacent to an activating group) is 1. The van der Waals surface area contributed by atoms with Gasteiger partial charge in [0, 0.05) is 47.3 Å². The first-order chi connectivity index (χ1) is 23.8. The number of hydrogen-bond acceptors (Lipinski definition) is 13. The third kappa shape index (κ3) is 6.05. The van der Waals surface area contributed by atoms with Crippen LogP contribution in [0.2, 0.25) is 0 Å². The molecule has 1 atom stereocenters. The Morgan fingerprint density at radius 2 is 1.94 bits per heavy atom. The summed E-state index contributed by atoms with van der Waals surface area (Å²) >= 11 is 1.06. The summed E-state index contributed by atoms with van der Waals surface area (Å²) in [7, 11) is 3.99. The molecule has 16 heteroatoms. The first-order valence-electron chi connectivity index (χ1n) is 15.9.